The smallest absolute Gasteiger partial charge is 0.231 e. The van der Waals surface area contributed by atoms with Crippen molar-refractivity contribution in [1.82, 2.24) is 4.90 Å². The highest BCUT2D eigenvalue weighted by Gasteiger charge is 2.24. The summed E-state index contributed by atoms with van der Waals surface area (Å²) in [6, 6.07) is 5.85. The zero-order valence-electron chi connectivity index (χ0n) is 10.2. The lowest BCUT2D eigenvalue weighted by Gasteiger charge is -2.33. The highest BCUT2D eigenvalue weighted by molar-refractivity contribution is 5.45. The van der Waals surface area contributed by atoms with E-state index in [1.54, 1.807) is 0 Å². The molecule has 2 heterocycles. The summed E-state index contributed by atoms with van der Waals surface area (Å²) in [4.78, 5) is 2.24. The van der Waals surface area contributed by atoms with Crippen LogP contribution in [0.15, 0.2) is 18.2 Å². The molecular formula is C13H17NO4. The Morgan fingerprint density at radius 2 is 1.94 bits per heavy atom. The molecule has 1 fully saturated rings. The van der Waals surface area contributed by atoms with Gasteiger partial charge in [-0.05, 0) is 17.7 Å². The maximum Gasteiger partial charge on any atom is 0.231 e. The van der Waals surface area contributed by atoms with Gasteiger partial charge in [0.15, 0.2) is 11.5 Å². The van der Waals surface area contributed by atoms with E-state index in [1.807, 2.05) is 18.2 Å². The average molecular weight is 251 g/mol. The van der Waals surface area contributed by atoms with Gasteiger partial charge in [-0.25, -0.2) is 0 Å². The monoisotopic (exact) mass is 251 g/mol. The van der Waals surface area contributed by atoms with Gasteiger partial charge in [-0.3, -0.25) is 4.90 Å². The van der Waals surface area contributed by atoms with E-state index in [0.29, 0.717) is 0 Å². The van der Waals surface area contributed by atoms with Crippen molar-refractivity contribution in [1.29, 1.82) is 0 Å². The molecule has 1 atom stereocenters. The van der Waals surface area contributed by atoms with Gasteiger partial charge in [0, 0.05) is 13.1 Å². The van der Waals surface area contributed by atoms with Crippen molar-refractivity contribution in [2.24, 2.45) is 0 Å². The number of benzene rings is 1. The van der Waals surface area contributed by atoms with Crippen LogP contribution in [0, 0.1) is 0 Å². The number of rotatable bonds is 3. The van der Waals surface area contributed by atoms with E-state index in [2.05, 4.69) is 4.90 Å². The number of hydrogen-bond acceptors (Lipinski definition) is 5. The lowest BCUT2D eigenvalue weighted by atomic mass is 10.0. The Morgan fingerprint density at radius 1 is 1.17 bits per heavy atom. The maximum atomic E-state index is 9.63. The molecule has 0 saturated carbocycles. The van der Waals surface area contributed by atoms with E-state index < -0.39 is 0 Å². The summed E-state index contributed by atoms with van der Waals surface area (Å²) in [5, 5.41) is 9.63. The van der Waals surface area contributed by atoms with Crippen LogP contribution in [0.1, 0.15) is 11.6 Å². The van der Waals surface area contributed by atoms with E-state index in [1.165, 1.54) is 0 Å². The predicted octanol–water partition coefficient (Wildman–Crippen LogP) is 0.781. The van der Waals surface area contributed by atoms with Gasteiger partial charge in [0.25, 0.3) is 0 Å². The van der Waals surface area contributed by atoms with Gasteiger partial charge in [-0.1, -0.05) is 6.07 Å². The fourth-order valence-electron chi connectivity index (χ4n) is 2.44. The molecule has 2 aliphatic heterocycles. The van der Waals surface area contributed by atoms with Gasteiger partial charge >= 0.3 is 0 Å². The van der Waals surface area contributed by atoms with Gasteiger partial charge in [0.2, 0.25) is 6.79 Å². The minimum absolute atomic E-state index is 0.00315. The summed E-state index contributed by atoms with van der Waals surface area (Å²) in [5.41, 5.74) is 1.06. The Hall–Kier alpha value is -1.30. The Kier molecular flexibility index (Phi) is 3.36. The lowest BCUT2D eigenvalue weighted by molar-refractivity contribution is 0.00256. The van der Waals surface area contributed by atoms with Gasteiger partial charge in [0.05, 0.1) is 25.9 Å². The number of ether oxygens (including phenoxy) is 3. The molecule has 3 rings (SSSR count). The number of fused-ring (bicyclic) bond motifs is 1. The molecule has 1 unspecified atom stereocenters. The summed E-state index contributed by atoms with van der Waals surface area (Å²) >= 11 is 0. The van der Waals surface area contributed by atoms with Gasteiger partial charge < -0.3 is 19.3 Å². The summed E-state index contributed by atoms with van der Waals surface area (Å²) in [6.45, 7) is 3.52. The summed E-state index contributed by atoms with van der Waals surface area (Å²) in [6.07, 6.45) is 0. The normalized spacial score (nSPS) is 20.9. The highest BCUT2D eigenvalue weighted by Crippen LogP contribution is 2.35. The molecule has 0 amide bonds. The van der Waals surface area contributed by atoms with Crippen molar-refractivity contribution in [2.45, 2.75) is 6.04 Å². The van der Waals surface area contributed by atoms with Crippen molar-refractivity contribution < 1.29 is 19.3 Å². The van der Waals surface area contributed by atoms with Crippen LogP contribution in [0.4, 0.5) is 0 Å². The van der Waals surface area contributed by atoms with Crippen molar-refractivity contribution in [3.63, 3.8) is 0 Å². The molecule has 0 spiro atoms. The van der Waals surface area contributed by atoms with Crippen LogP contribution in [-0.2, 0) is 4.74 Å². The van der Waals surface area contributed by atoms with Crippen LogP contribution >= 0.6 is 0 Å². The zero-order valence-corrected chi connectivity index (χ0v) is 10.2. The number of aliphatic hydroxyl groups is 1. The number of morpholine rings is 1. The molecule has 5 nitrogen and oxygen atoms in total. The molecule has 0 bridgehead atoms. The number of aliphatic hydroxyl groups excluding tert-OH is 1. The van der Waals surface area contributed by atoms with E-state index in [0.717, 1.165) is 43.4 Å². The largest absolute Gasteiger partial charge is 0.454 e. The Bertz CT molecular complexity index is 417. The average Bonchev–Trinajstić information content (AvgIpc) is 2.88. The third kappa shape index (κ3) is 2.16. The van der Waals surface area contributed by atoms with Crippen LogP contribution in [-0.4, -0.2) is 49.7 Å². The fourth-order valence-corrected chi connectivity index (χ4v) is 2.44. The molecule has 5 heteroatoms. The van der Waals surface area contributed by atoms with Gasteiger partial charge in [-0.15, -0.1) is 0 Å². The standard InChI is InChI=1S/C13H17NO4/c15-8-11(14-3-5-16-6-4-14)10-1-2-12-13(7-10)18-9-17-12/h1-2,7,11,15H,3-6,8-9H2. The van der Waals surface area contributed by atoms with Crippen LogP contribution < -0.4 is 9.47 Å². The molecule has 2 aliphatic rings. The van der Waals surface area contributed by atoms with Crippen molar-refractivity contribution in [2.75, 3.05) is 39.7 Å². The van der Waals surface area contributed by atoms with Crippen LogP contribution in [0.3, 0.4) is 0 Å². The fraction of sp³-hybridized carbons (Fsp3) is 0.538. The predicted molar refractivity (Wildman–Crippen MR) is 64.8 cm³/mol. The minimum atomic E-state index is 0.00315. The second-order valence-corrected chi connectivity index (χ2v) is 4.46. The van der Waals surface area contributed by atoms with Gasteiger partial charge in [0.1, 0.15) is 0 Å². The second-order valence-electron chi connectivity index (χ2n) is 4.46. The summed E-state index contributed by atoms with van der Waals surface area (Å²) in [7, 11) is 0. The molecule has 1 saturated heterocycles. The lowest BCUT2D eigenvalue weighted by Crippen LogP contribution is -2.40. The molecular weight excluding hydrogens is 234 g/mol. The Labute approximate surface area is 106 Å². The number of hydrogen-bond donors (Lipinski definition) is 1. The third-order valence-electron chi connectivity index (χ3n) is 3.44. The number of nitrogens with zero attached hydrogens (tertiary/aromatic N) is 1. The van der Waals surface area contributed by atoms with Crippen molar-refractivity contribution >= 4 is 0 Å². The first kappa shape index (κ1) is 11.8. The maximum absolute atomic E-state index is 9.63. The van der Waals surface area contributed by atoms with Gasteiger partial charge in [-0.2, -0.15) is 0 Å². The second kappa shape index (κ2) is 5.14. The summed E-state index contributed by atoms with van der Waals surface area (Å²) in [5.74, 6) is 1.54. The molecule has 0 aromatic heterocycles. The molecule has 0 radical (unpaired) electrons. The topological polar surface area (TPSA) is 51.2 Å². The SMILES string of the molecule is OCC(c1ccc2c(c1)OCO2)N1CCOCC1. The van der Waals surface area contributed by atoms with E-state index >= 15 is 0 Å². The molecule has 1 aromatic carbocycles. The van der Waals surface area contributed by atoms with E-state index in [-0.39, 0.29) is 19.4 Å². The quantitative estimate of drug-likeness (QED) is 0.860. The molecule has 0 aliphatic carbocycles. The molecule has 1 aromatic rings. The first-order valence-electron chi connectivity index (χ1n) is 6.20. The van der Waals surface area contributed by atoms with Crippen molar-refractivity contribution in [3.8, 4) is 11.5 Å². The third-order valence-corrected chi connectivity index (χ3v) is 3.44. The molecule has 98 valence electrons. The van der Waals surface area contributed by atoms with Crippen LogP contribution in [0.2, 0.25) is 0 Å². The molecule has 1 N–H and O–H groups in total. The highest BCUT2D eigenvalue weighted by atomic mass is 16.7. The molecule has 18 heavy (non-hydrogen) atoms. The summed E-state index contributed by atoms with van der Waals surface area (Å²) < 4.78 is 16.0. The van der Waals surface area contributed by atoms with Crippen LogP contribution in [0.5, 0.6) is 11.5 Å². The first-order valence-corrected chi connectivity index (χ1v) is 6.20. The minimum Gasteiger partial charge on any atom is -0.454 e. The Morgan fingerprint density at radius 3 is 2.72 bits per heavy atom. The zero-order chi connectivity index (χ0) is 12.4. The Balaban J connectivity index is 1.82. The first-order chi connectivity index (χ1) is 8.88. The van der Waals surface area contributed by atoms with E-state index in [9.17, 15) is 5.11 Å². The van der Waals surface area contributed by atoms with E-state index in [4.69, 9.17) is 14.2 Å². The van der Waals surface area contributed by atoms with Crippen molar-refractivity contribution in [3.05, 3.63) is 23.8 Å². The van der Waals surface area contributed by atoms with Crippen LogP contribution in [0.25, 0.3) is 0 Å².